The van der Waals surface area contributed by atoms with E-state index in [4.69, 9.17) is 25.8 Å². The van der Waals surface area contributed by atoms with E-state index in [1.54, 1.807) is 13.8 Å². The van der Waals surface area contributed by atoms with Crippen LogP contribution in [0.5, 0.6) is 5.75 Å². The molecule has 0 aliphatic carbocycles. The Hall–Kier alpha value is -1.27. The quantitative estimate of drug-likeness (QED) is 0.754. The van der Waals surface area contributed by atoms with E-state index < -0.39 is 11.9 Å². The smallest absolute Gasteiger partial charge is 0.352 e. The average molecular weight is 293 g/mol. The number of hydrogen-bond acceptors (Lipinski definition) is 6. The largest absolute Gasteiger partial charge is 0.480 e. The summed E-state index contributed by atoms with van der Waals surface area (Å²) >= 11 is 6.84. The fourth-order valence-electron chi connectivity index (χ4n) is 1.13. The van der Waals surface area contributed by atoms with E-state index in [0.29, 0.717) is 4.34 Å². The maximum absolute atomic E-state index is 11.6. The molecule has 0 bridgehead atoms. The Bertz CT molecular complexity index is 429. The summed E-state index contributed by atoms with van der Waals surface area (Å²) in [5.41, 5.74) is 0. The molecule has 0 fully saturated rings. The number of thiophene rings is 1. The molecule has 0 unspecified atom stereocenters. The zero-order chi connectivity index (χ0) is 13.5. The van der Waals surface area contributed by atoms with Crippen LogP contribution in [-0.4, -0.2) is 31.8 Å². The zero-order valence-corrected chi connectivity index (χ0v) is 11.6. The molecular weight excluding hydrogens is 280 g/mol. The number of halogens is 1. The van der Waals surface area contributed by atoms with Gasteiger partial charge in [-0.15, -0.1) is 11.3 Å². The molecule has 7 heteroatoms. The summed E-state index contributed by atoms with van der Waals surface area (Å²) in [5.74, 6) is -0.792. The van der Waals surface area contributed by atoms with Gasteiger partial charge in [-0.1, -0.05) is 11.6 Å². The number of carbonyl (C=O) groups excluding carboxylic acids is 2. The lowest BCUT2D eigenvalue weighted by Crippen LogP contribution is -2.15. The van der Waals surface area contributed by atoms with Crippen LogP contribution in [0.15, 0.2) is 6.07 Å². The van der Waals surface area contributed by atoms with Gasteiger partial charge in [-0.05, 0) is 13.8 Å². The van der Waals surface area contributed by atoms with Crippen molar-refractivity contribution in [2.24, 2.45) is 0 Å². The van der Waals surface area contributed by atoms with Gasteiger partial charge in [0, 0.05) is 6.07 Å². The van der Waals surface area contributed by atoms with Gasteiger partial charge in [0.2, 0.25) is 0 Å². The van der Waals surface area contributed by atoms with Gasteiger partial charge in [-0.25, -0.2) is 9.59 Å². The second-order valence-electron chi connectivity index (χ2n) is 3.06. The van der Waals surface area contributed by atoms with Gasteiger partial charge in [0.05, 0.1) is 17.6 Å². The normalized spacial score (nSPS) is 9.94. The average Bonchev–Trinajstić information content (AvgIpc) is 2.69. The Labute approximate surface area is 114 Å². The zero-order valence-electron chi connectivity index (χ0n) is 10.0. The number of esters is 2. The van der Waals surface area contributed by atoms with Crippen molar-refractivity contribution >= 4 is 34.9 Å². The van der Waals surface area contributed by atoms with Gasteiger partial charge in [-0.3, -0.25) is 0 Å². The van der Waals surface area contributed by atoms with Gasteiger partial charge in [0.1, 0.15) is 5.75 Å². The predicted octanol–water partition coefficient (Wildman–Crippen LogP) is 2.52. The molecule has 18 heavy (non-hydrogen) atoms. The van der Waals surface area contributed by atoms with Crippen LogP contribution in [0.1, 0.15) is 23.5 Å². The first kappa shape index (κ1) is 14.8. The van der Waals surface area contributed by atoms with Crippen LogP contribution in [0.25, 0.3) is 0 Å². The van der Waals surface area contributed by atoms with Gasteiger partial charge < -0.3 is 14.2 Å². The minimum Gasteiger partial charge on any atom is -0.480 e. The maximum Gasteiger partial charge on any atom is 0.352 e. The number of hydrogen-bond donors (Lipinski definition) is 0. The summed E-state index contributed by atoms with van der Waals surface area (Å²) in [6.07, 6.45) is 0. The second-order valence-corrected chi connectivity index (χ2v) is 4.74. The molecule has 0 N–H and O–H groups in total. The lowest BCUT2D eigenvalue weighted by atomic mass is 10.4. The Morgan fingerprint density at radius 3 is 2.56 bits per heavy atom. The number of rotatable bonds is 6. The van der Waals surface area contributed by atoms with E-state index in [1.807, 2.05) is 0 Å². The topological polar surface area (TPSA) is 61.8 Å². The lowest BCUT2D eigenvalue weighted by Gasteiger charge is -2.06. The molecule has 0 radical (unpaired) electrons. The van der Waals surface area contributed by atoms with Gasteiger partial charge >= 0.3 is 11.9 Å². The molecule has 0 saturated carbocycles. The molecule has 1 aromatic rings. The van der Waals surface area contributed by atoms with Crippen LogP contribution in [0, 0.1) is 0 Å². The Balaban J connectivity index is 2.70. The molecule has 0 aliphatic heterocycles. The standard InChI is InChI=1S/C11H13ClO5S/c1-3-15-9(13)6-17-7-5-8(12)18-10(7)11(14)16-4-2/h5H,3-4,6H2,1-2H3. The van der Waals surface area contributed by atoms with Gasteiger partial charge in [-0.2, -0.15) is 0 Å². The maximum atomic E-state index is 11.6. The van der Waals surface area contributed by atoms with E-state index in [1.165, 1.54) is 6.07 Å². The fraction of sp³-hybridized carbons (Fsp3) is 0.455. The predicted molar refractivity (Wildman–Crippen MR) is 67.4 cm³/mol. The van der Waals surface area contributed by atoms with Crippen molar-refractivity contribution in [1.82, 2.24) is 0 Å². The fourth-order valence-corrected chi connectivity index (χ4v) is 2.18. The summed E-state index contributed by atoms with van der Waals surface area (Å²) in [6.45, 7) is 3.66. The van der Waals surface area contributed by atoms with Crippen molar-refractivity contribution in [2.45, 2.75) is 13.8 Å². The first-order chi connectivity index (χ1) is 8.58. The van der Waals surface area contributed by atoms with Crippen LogP contribution in [0.4, 0.5) is 0 Å². The van der Waals surface area contributed by atoms with E-state index >= 15 is 0 Å². The van der Waals surface area contributed by atoms with Crippen molar-refractivity contribution in [3.05, 3.63) is 15.3 Å². The molecule has 0 atom stereocenters. The Kier molecular flexibility index (Phi) is 5.94. The molecule has 1 heterocycles. The highest BCUT2D eigenvalue weighted by molar-refractivity contribution is 7.18. The molecule has 0 amide bonds. The molecule has 5 nitrogen and oxygen atoms in total. The molecule has 0 saturated heterocycles. The molecule has 0 aromatic carbocycles. The highest BCUT2D eigenvalue weighted by Gasteiger charge is 2.19. The molecule has 1 aromatic heterocycles. The SMILES string of the molecule is CCOC(=O)COc1cc(Cl)sc1C(=O)OCC. The van der Waals surface area contributed by atoms with Crippen LogP contribution in [-0.2, 0) is 14.3 Å². The summed E-state index contributed by atoms with van der Waals surface area (Å²) < 4.78 is 15.1. The molecule has 0 aliphatic rings. The molecule has 0 spiro atoms. The lowest BCUT2D eigenvalue weighted by molar-refractivity contribution is -0.145. The summed E-state index contributed by atoms with van der Waals surface area (Å²) in [7, 11) is 0. The minimum absolute atomic E-state index is 0.233. The van der Waals surface area contributed by atoms with Crippen LogP contribution in [0.2, 0.25) is 4.34 Å². The van der Waals surface area contributed by atoms with Crippen LogP contribution < -0.4 is 4.74 Å². The molecule has 1 rings (SSSR count). The van der Waals surface area contributed by atoms with Crippen molar-refractivity contribution in [3.63, 3.8) is 0 Å². The Morgan fingerprint density at radius 1 is 1.28 bits per heavy atom. The van der Waals surface area contributed by atoms with E-state index in [9.17, 15) is 9.59 Å². The van der Waals surface area contributed by atoms with Crippen LogP contribution >= 0.6 is 22.9 Å². The molecule has 100 valence electrons. The third-order valence-corrected chi connectivity index (χ3v) is 3.00. The third kappa shape index (κ3) is 4.19. The summed E-state index contributed by atoms with van der Waals surface area (Å²) in [6, 6.07) is 1.47. The number of carbonyl (C=O) groups is 2. The highest BCUT2D eigenvalue weighted by atomic mass is 35.5. The van der Waals surface area contributed by atoms with Crippen molar-refractivity contribution in [1.29, 1.82) is 0 Å². The van der Waals surface area contributed by atoms with E-state index in [2.05, 4.69) is 0 Å². The van der Waals surface area contributed by atoms with Gasteiger partial charge in [0.25, 0.3) is 0 Å². The minimum atomic E-state index is -0.520. The summed E-state index contributed by atoms with van der Waals surface area (Å²) in [5, 5.41) is 0. The van der Waals surface area contributed by atoms with Crippen molar-refractivity contribution < 1.29 is 23.8 Å². The first-order valence-electron chi connectivity index (χ1n) is 5.33. The van der Waals surface area contributed by atoms with Crippen molar-refractivity contribution in [2.75, 3.05) is 19.8 Å². The monoisotopic (exact) mass is 292 g/mol. The Morgan fingerprint density at radius 2 is 1.94 bits per heavy atom. The number of ether oxygens (including phenoxy) is 3. The third-order valence-electron chi connectivity index (χ3n) is 1.78. The van der Waals surface area contributed by atoms with Crippen LogP contribution in [0.3, 0.4) is 0 Å². The summed E-state index contributed by atoms with van der Waals surface area (Å²) in [4.78, 5) is 23.0. The van der Waals surface area contributed by atoms with Crippen molar-refractivity contribution in [3.8, 4) is 5.75 Å². The van der Waals surface area contributed by atoms with E-state index in [-0.39, 0.29) is 30.4 Å². The highest BCUT2D eigenvalue weighted by Crippen LogP contribution is 2.33. The second kappa shape index (κ2) is 7.23. The van der Waals surface area contributed by atoms with E-state index in [0.717, 1.165) is 11.3 Å². The molecular formula is C11H13ClO5S. The van der Waals surface area contributed by atoms with Gasteiger partial charge in [0.15, 0.2) is 11.5 Å². The first-order valence-corrected chi connectivity index (χ1v) is 6.52.